The van der Waals surface area contributed by atoms with Crippen LogP contribution in [0.5, 0.6) is 5.75 Å². The number of ether oxygens (including phenoxy) is 1. The Morgan fingerprint density at radius 1 is 1.32 bits per heavy atom. The van der Waals surface area contributed by atoms with Crippen molar-refractivity contribution in [2.24, 2.45) is 5.73 Å². The summed E-state index contributed by atoms with van der Waals surface area (Å²) >= 11 is 0. The summed E-state index contributed by atoms with van der Waals surface area (Å²) in [7, 11) is 0. The maximum absolute atomic E-state index is 10.8. The molecule has 1 atom stereocenters. The highest BCUT2D eigenvalue weighted by molar-refractivity contribution is 5.80. The summed E-state index contributed by atoms with van der Waals surface area (Å²) in [5.74, 6) is -0.0117. The van der Waals surface area contributed by atoms with Crippen LogP contribution in [-0.4, -0.2) is 42.2 Å². The Labute approximate surface area is 113 Å². The molecule has 1 unspecified atom stereocenters. The van der Waals surface area contributed by atoms with E-state index in [2.05, 4.69) is 4.90 Å². The van der Waals surface area contributed by atoms with Crippen molar-refractivity contribution in [1.29, 1.82) is 0 Å². The predicted octanol–water partition coefficient (Wildman–Crippen LogP) is 0.680. The molecular formula is C14H20N2O3. The molecule has 1 saturated heterocycles. The smallest absolute Gasteiger partial charge is 0.250 e. The van der Waals surface area contributed by atoms with Crippen LogP contribution < -0.4 is 10.5 Å². The van der Waals surface area contributed by atoms with Crippen molar-refractivity contribution in [3.8, 4) is 5.75 Å². The van der Waals surface area contributed by atoms with E-state index in [1.807, 2.05) is 0 Å². The molecular weight excluding hydrogens is 244 g/mol. The average Bonchev–Trinajstić information content (AvgIpc) is 2.92. The second-order valence-electron chi connectivity index (χ2n) is 4.77. The zero-order valence-corrected chi connectivity index (χ0v) is 10.9. The van der Waals surface area contributed by atoms with E-state index in [0.29, 0.717) is 12.2 Å². The standard InChI is InChI=1S/C14H20N2O3/c15-14(18)13(17)11-3-5-12(6-4-11)19-10-9-16-7-1-2-8-16/h3-6,13,17H,1-2,7-10H2,(H2,15,18). The van der Waals surface area contributed by atoms with Crippen molar-refractivity contribution in [2.45, 2.75) is 18.9 Å². The summed E-state index contributed by atoms with van der Waals surface area (Å²) in [6.07, 6.45) is 1.30. The molecule has 2 rings (SSSR count). The number of carbonyl (C=O) groups is 1. The molecule has 104 valence electrons. The number of benzene rings is 1. The number of amides is 1. The van der Waals surface area contributed by atoms with Crippen LogP contribution in [0.3, 0.4) is 0 Å². The van der Waals surface area contributed by atoms with Crippen LogP contribution in [0, 0.1) is 0 Å². The van der Waals surface area contributed by atoms with Crippen LogP contribution in [0.15, 0.2) is 24.3 Å². The molecule has 1 aromatic rings. The molecule has 0 saturated carbocycles. The summed E-state index contributed by atoms with van der Waals surface area (Å²) < 4.78 is 5.62. The van der Waals surface area contributed by atoms with E-state index < -0.39 is 12.0 Å². The number of hydrogen-bond acceptors (Lipinski definition) is 4. The first-order chi connectivity index (χ1) is 9.16. The van der Waals surface area contributed by atoms with Gasteiger partial charge < -0.3 is 15.6 Å². The van der Waals surface area contributed by atoms with Gasteiger partial charge in [-0.15, -0.1) is 0 Å². The largest absolute Gasteiger partial charge is 0.492 e. The summed E-state index contributed by atoms with van der Waals surface area (Å²) in [6.45, 7) is 3.91. The van der Waals surface area contributed by atoms with Gasteiger partial charge in [0.1, 0.15) is 12.4 Å². The molecule has 0 aromatic heterocycles. The average molecular weight is 264 g/mol. The Bertz CT molecular complexity index is 413. The SMILES string of the molecule is NC(=O)C(O)c1ccc(OCCN2CCCC2)cc1. The van der Waals surface area contributed by atoms with Crippen molar-refractivity contribution in [2.75, 3.05) is 26.2 Å². The van der Waals surface area contributed by atoms with Gasteiger partial charge in [0.2, 0.25) is 0 Å². The van der Waals surface area contributed by atoms with E-state index in [4.69, 9.17) is 10.5 Å². The molecule has 0 bridgehead atoms. The van der Waals surface area contributed by atoms with Crippen LogP contribution in [-0.2, 0) is 4.79 Å². The molecule has 0 radical (unpaired) electrons. The molecule has 5 heteroatoms. The Balaban J connectivity index is 1.79. The zero-order valence-electron chi connectivity index (χ0n) is 10.9. The van der Waals surface area contributed by atoms with Crippen molar-refractivity contribution in [3.63, 3.8) is 0 Å². The number of likely N-dealkylation sites (tertiary alicyclic amines) is 1. The van der Waals surface area contributed by atoms with Crippen molar-refractivity contribution in [3.05, 3.63) is 29.8 Å². The summed E-state index contributed by atoms with van der Waals surface area (Å²) in [5.41, 5.74) is 5.52. The van der Waals surface area contributed by atoms with Crippen molar-refractivity contribution < 1.29 is 14.6 Å². The second kappa shape index (κ2) is 6.54. The lowest BCUT2D eigenvalue weighted by molar-refractivity contribution is -0.126. The van der Waals surface area contributed by atoms with Crippen LogP contribution >= 0.6 is 0 Å². The molecule has 1 heterocycles. The molecule has 1 aliphatic rings. The van der Waals surface area contributed by atoms with Crippen LogP contribution in [0.2, 0.25) is 0 Å². The Morgan fingerprint density at radius 2 is 1.95 bits per heavy atom. The molecule has 0 spiro atoms. The quantitative estimate of drug-likeness (QED) is 0.792. The minimum atomic E-state index is -1.25. The monoisotopic (exact) mass is 264 g/mol. The molecule has 1 aromatic carbocycles. The maximum atomic E-state index is 10.8. The lowest BCUT2D eigenvalue weighted by Gasteiger charge is -2.15. The van der Waals surface area contributed by atoms with Crippen LogP contribution in [0.25, 0.3) is 0 Å². The van der Waals surface area contributed by atoms with Gasteiger partial charge in [-0.3, -0.25) is 9.69 Å². The van der Waals surface area contributed by atoms with Crippen molar-refractivity contribution in [1.82, 2.24) is 4.90 Å². The number of nitrogens with zero attached hydrogens (tertiary/aromatic N) is 1. The van der Waals surface area contributed by atoms with E-state index >= 15 is 0 Å². The number of primary amides is 1. The number of aliphatic hydroxyl groups is 1. The van der Waals surface area contributed by atoms with Gasteiger partial charge in [0.15, 0.2) is 6.10 Å². The van der Waals surface area contributed by atoms with Gasteiger partial charge in [-0.05, 0) is 43.6 Å². The van der Waals surface area contributed by atoms with Crippen LogP contribution in [0.1, 0.15) is 24.5 Å². The highest BCUT2D eigenvalue weighted by atomic mass is 16.5. The maximum Gasteiger partial charge on any atom is 0.250 e. The molecule has 19 heavy (non-hydrogen) atoms. The predicted molar refractivity (Wildman–Crippen MR) is 71.8 cm³/mol. The lowest BCUT2D eigenvalue weighted by atomic mass is 10.1. The summed E-state index contributed by atoms with van der Waals surface area (Å²) in [4.78, 5) is 13.2. The fraction of sp³-hybridized carbons (Fsp3) is 0.500. The van der Waals surface area contributed by atoms with Crippen LogP contribution in [0.4, 0.5) is 0 Å². The van der Waals surface area contributed by atoms with Gasteiger partial charge >= 0.3 is 0 Å². The number of carbonyl (C=O) groups excluding carboxylic acids is 1. The summed E-state index contributed by atoms with van der Waals surface area (Å²) in [6, 6.07) is 6.79. The normalized spacial score (nSPS) is 17.3. The molecule has 1 amide bonds. The highest BCUT2D eigenvalue weighted by Crippen LogP contribution is 2.17. The Morgan fingerprint density at radius 3 is 2.53 bits per heavy atom. The second-order valence-corrected chi connectivity index (χ2v) is 4.77. The highest BCUT2D eigenvalue weighted by Gasteiger charge is 2.13. The zero-order chi connectivity index (χ0) is 13.7. The summed E-state index contributed by atoms with van der Waals surface area (Å²) in [5, 5.41) is 9.49. The van der Waals surface area contributed by atoms with E-state index in [0.717, 1.165) is 25.4 Å². The minimum Gasteiger partial charge on any atom is -0.492 e. The molecule has 3 N–H and O–H groups in total. The third kappa shape index (κ3) is 3.94. The number of rotatable bonds is 6. The van der Waals surface area contributed by atoms with Gasteiger partial charge in [-0.2, -0.15) is 0 Å². The van der Waals surface area contributed by atoms with E-state index in [-0.39, 0.29) is 0 Å². The van der Waals surface area contributed by atoms with Gasteiger partial charge in [-0.25, -0.2) is 0 Å². The third-order valence-electron chi connectivity index (χ3n) is 3.34. The first-order valence-electron chi connectivity index (χ1n) is 6.59. The van der Waals surface area contributed by atoms with Gasteiger partial charge in [0.05, 0.1) is 0 Å². The Kier molecular flexibility index (Phi) is 4.76. The van der Waals surface area contributed by atoms with E-state index in [1.54, 1.807) is 24.3 Å². The van der Waals surface area contributed by atoms with Crippen molar-refractivity contribution >= 4 is 5.91 Å². The molecule has 1 aliphatic heterocycles. The topological polar surface area (TPSA) is 75.8 Å². The minimum absolute atomic E-state index is 0.486. The third-order valence-corrected chi connectivity index (χ3v) is 3.34. The van der Waals surface area contributed by atoms with E-state index in [9.17, 15) is 9.90 Å². The van der Waals surface area contributed by atoms with Gasteiger partial charge in [-0.1, -0.05) is 12.1 Å². The number of aliphatic hydroxyl groups excluding tert-OH is 1. The molecule has 0 aliphatic carbocycles. The number of nitrogens with two attached hydrogens (primary N) is 1. The van der Waals surface area contributed by atoms with Gasteiger partial charge in [0, 0.05) is 6.54 Å². The van der Waals surface area contributed by atoms with E-state index in [1.165, 1.54) is 12.8 Å². The molecule has 1 fully saturated rings. The van der Waals surface area contributed by atoms with Gasteiger partial charge in [0.25, 0.3) is 5.91 Å². The fourth-order valence-corrected chi connectivity index (χ4v) is 2.21. The number of hydrogen-bond donors (Lipinski definition) is 2. The Hall–Kier alpha value is -1.59. The lowest BCUT2D eigenvalue weighted by Crippen LogP contribution is -2.25. The first-order valence-corrected chi connectivity index (χ1v) is 6.59. The first kappa shape index (κ1) is 13.8. The fourth-order valence-electron chi connectivity index (χ4n) is 2.21. The molecule has 5 nitrogen and oxygen atoms in total.